The smallest absolute Gasteiger partial charge is 0.331 e. The molecule has 2 aromatic carbocycles. The summed E-state index contributed by atoms with van der Waals surface area (Å²) in [6, 6.07) is 20.2. The van der Waals surface area contributed by atoms with Gasteiger partial charge in [-0.3, -0.25) is 0 Å². The van der Waals surface area contributed by atoms with Crippen molar-refractivity contribution in [3.63, 3.8) is 0 Å². The van der Waals surface area contributed by atoms with Crippen molar-refractivity contribution in [1.29, 1.82) is 0 Å². The molecule has 3 nitrogen and oxygen atoms in total. The van der Waals surface area contributed by atoms with E-state index < -0.39 is 4.75 Å². The van der Waals surface area contributed by atoms with Crippen molar-refractivity contribution >= 4 is 17.7 Å². The number of nitrogens with zero attached hydrogens (tertiary/aromatic N) is 1. The summed E-state index contributed by atoms with van der Waals surface area (Å²) in [4.78, 5) is 15.9. The Morgan fingerprint density at radius 2 is 1.45 bits per heavy atom. The fourth-order valence-corrected chi connectivity index (χ4v) is 4.90. The number of thioether (sulfide) groups is 1. The van der Waals surface area contributed by atoms with Crippen molar-refractivity contribution in [3.05, 3.63) is 71.8 Å². The molecule has 0 saturated heterocycles. The highest BCUT2D eigenvalue weighted by Crippen LogP contribution is 2.44. The lowest BCUT2D eigenvalue weighted by Crippen LogP contribution is -2.38. The van der Waals surface area contributed by atoms with Gasteiger partial charge in [0.25, 0.3) is 0 Å². The second-order valence-corrected chi connectivity index (χ2v) is 8.44. The van der Waals surface area contributed by atoms with E-state index in [-0.39, 0.29) is 5.97 Å². The summed E-state index contributed by atoms with van der Waals surface area (Å²) in [5.74, 6) is 0.756. The Hall–Kier alpha value is -1.78. The van der Waals surface area contributed by atoms with Gasteiger partial charge < -0.3 is 9.64 Å². The summed E-state index contributed by atoms with van der Waals surface area (Å²) in [6.07, 6.45) is 3.43. The molecule has 2 aromatic rings. The van der Waals surface area contributed by atoms with Crippen molar-refractivity contribution in [2.75, 3.05) is 32.0 Å². The molecule has 0 aliphatic heterocycles. The number of benzene rings is 2. The number of ether oxygens (including phenoxy) is 1. The quantitative estimate of drug-likeness (QED) is 0.309. The Morgan fingerprint density at radius 3 is 1.93 bits per heavy atom. The molecule has 0 fully saturated rings. The van der Waals surface area contributed by atoms with E-state index in [4.69, 9.17) is 4.74 Å². The molecule has 4 heteroatoms. The lowest BCUT2D eigenvalue weighted by Gasteiger charge is -2.32. The molecule has 2 rings (SSSR count). The Kier molecular flexibility index (Phi) is 10.3. The minimum absolute atomic E-state index is 0.163. The van der Waals surface area contributed by atoms with Crippen LogP contribution in [0.15, 0.2) is 60.7 Å². The van der Waals surface area contributed by atoms with Crippen molar-refractivity contribution in [2.45, 2.75) is 44.8 Å². The van der Waals surface area contributed by atoms with Crippen molar-refractivity contribution in [2.24, 2.45) is 0 Å². The lowest BCUT2D eigenvalue weighted by molar-refractivity contribution is -0.146. The van der Waals surface area contributed by atoms with Crippen LogP contribution in [0.1, 0.15) is 51.2 Å². The Balaban J connectivity index is 2.34. The summed E-state index contributed by atoms with van der Waals surface area (Å²) in [7, 11) is 0. The van der Waals surface area contributed by atoms with Crippen LogP contribution in [-0.4, -0.2) is 42.9 Å². The summed E-state index contributed by atoms with van der Waals surface area (Å²) in [5, 5.41) is 0. The van der Waals surface area contributed by atoms with E-state index in [1.165, 1.54) is 12.8 Å². The molecule has 0 saturated carbocycles. The lowest BCUT2D eigenvalue weighted by atomic mass is 9.90. The maximum atomic E-state index is 13.6. The van der Waals surface area contributed by atoms with E-state index in [1.807, 2.05) is 60.7 Å². The van der Waals surface area contributed by atoms with Gasteiger partial charge in [-0.25, -0.2) is 4.79 Å². The van der Waals surface area contributed by atoms with Gasteiger partial charge in [-0.15, -0.1) is 11.8 Å². The van der Waals surface area contributed by atoms with Gasteiger partial charge in [0, 0.05) is 6.54 Å². The zero-order valence-corrected chi connectivity index (χ0v) is 18.9. The number of carbonyl (C=O) groups excluding carboxylic acids is 1. The van der Waals surface area contributed by atoms with Gasteiger partial charge in [-0.1, -0.05) is 94.3 Å². The number of rotatable bonds is 13. The molecular weight excluding hydrogens is 378 g/mol. The van der Waals surface area contributed by atoms with E-state index in [0.717, 1.165) is 42.9 Å². The van der Waals surface area contributed by atoms with Crippen molar-refractivity contribution in [3.8, 4) is 0 Å². The van der Waals surface area contributed by atoms with Gasteiger partial charge in [0.15, 0.2) is 4.75 Å². The molecule has 0 spiro atoms. The van der Waals surface area contributed by atoms with Crippen LogP contribution in [0.3, 0.4) is 0 Å². The normalized spacial score (nSPS) is 11.6. The van der Waals surface area contributed by atoms with E-state index in [9.17, 15) is 4.79 Å². The van der Waals surface area contributed by atoms with E-state index >= 15 is 0 Å². The molecule has 158 valence electrons. The van der Waals surface area contributed by atoms with Gasteiger partial charge in [0.1, 0.15) is 6.61 Å². The molecule has 0 unspecified atom stereocenters. The molecule has 0 bridgehead atoms. The summed E-state index contributed by atoms with van der Waals surface area (Å²) in [6.45, 7) is 9.56. The molecule has 0 aliphatic carbocycles. The highest BCUT2D eigenvalue weighted by molar-refractivity contribution is 8.01. The summed E-state index contributed by atoms with van der Waals surface area (Å²) >= 11 is 1.71. The largest absolute Gasteiger partial charge is 0.463 e. The number of carbonyl (C=O) groups is 1. The van der Waals surface area contributed by atoms with E-state index in [2.05, 4.69) is 25.7 Å². The first-order valence-corrected chi connectivity index (χ1v) is 11.8. The first-order chi connectivity index (χ1) is 14.2. The monoisotopic (exact) mass is 413 g/mol. The van der Waals surface area contributed by atoms with Crippen LogP contribution in [0.25, 0.3) is 0 Å². The first-order valence-electron chi connectivity index (χ1n) is 10.8. The molecule has 0 aromatic heterocycles. The zero-order valence-electron chi connectivity index (χ0n) is 18.1. The van der Waals surface area contributed by atoms with Crippen molar-refractivity contribution < 1.29 is 9.53 Å². The van der Waals surface area contributed by atoms with Crippen LogP contribution < -0.4 is 0 Å². The maximum Gasteiger partial charge on any atom is 0.331 e. The topological polar surface area (TPSA) is 29.5 Å². The van der Waals surface area contributed by atoms with Crippen molar-refractivity contribution in [1.82, 2.24) is 4.90 Å². The minimum atomic E-state index is -0.834. The van der Waals surface area contributed by atoms with E-state index in [1.54, 1.807) is 11.8 Å². The number of hydrogen-bond acceptors (Lipinski definition) is 4. The third-order valence-electron chi connectivity index (χ3n) is 5.25. The number of unbranched alkanes of at least 4 members (excludes halogenated alkanes) is 2. The third kappa shape index (κ3) is 6.35. The third-order valence-corrected chi connectivity index (χ3v) is 6.81. The van der Waals surface area contributed by atoms with E-state index in [0.29, 0.717) is 6.61 Å². The van der Waals surface area contributed by atoms with Gasteiger partial charge in [-0.05, 0) is 36.4 Å². The maximum absolute atomic E-state index is 13.6. The molecule has 29 heavy (non-hydrogen) atoms. The summed E-state index contributed by atoms with van der Waals surface area (Å²) in [5.41, 5.74) is 1.97. The zero-order chi connectivity index (χ0) is 21.0. The highest BCUT2D eigenvalue weighted by atomic mass is 32.2. The summed E-state index contributed by atoms with van der Waals surface area (Å²) < 4.78 is 5.07. The van der Waals surface area contributed by atoms with Crippen LogP contribution in [0.5, 0.6) is 0 Å². The number of hydrogen-bond donors (Lipinski definition) is 0. The predicted molar refractivity (Wildman–Crippen MR) is 124 cm³/mol. The average molecular weight is 414 g/mol. The Labute approximate surface area is 180 Å². The SMILES string of the molecule is CCCCCSC(C(=O)OCCN(CC)CC)(c1ccccc1)c1ccccc1. The Morgan fingerprint density at radius 1 is 0.897 bits per heavy atom. The molecular formula is C25H35NO2S. The van der Waals surface area contributed by atoms with Crippen LogP contribution in [0.4, 0.5) is 0 Å². The van der Waals surface area contributed by atoms with Gasteiger partial charge in [0.2, 0.25) is 0 Å². The fraction of sp³-hybridized carbons (Fsp3) is 0.480. The average Bonchev–Trinajstić information content (AvgIpc) is 2.78. The van der Waals surface area contributed by atoms with Crippen LogP contribution in [0, 0.1) is 0 Å². The molecule has 0 heterocycles. The Bertz CT molecular complexity index is 662. The number of esters is 1. The predicted octanol–water partition coefficient (Wildman–Crippen LogP) is 5.74. The van der Waals surface area contributed by atoms with Crippen LogP contribution in [-0.2, 0) is 14.3 Å². The molecule has 0 N–H and O–H groups in total. The minimum Gasteiger partial charge on any atom is -0.463 e. The fourth-order valence-electron chi connectivity index (χ4n) is 3.46. The second kappa shape index (κ2) is 12.7. The van der Waals surface area contributed by atoms with Crippen LogP contribution in [0.2, 0.25) is 0 Å². The highest BCUT2D eigenvalue weighted by Gasteiger charge is 2.44. The van der Waals surface area contributed by atoms with Gasteiger partial charge in [0.05, 0.1) is 0 Å². The molecule has 0 aliphatic rings. The molecule has 0 atom stereocenters. The molecule has 0 amide bonds. The molecule has 0 radical (unpaired) electrons. The standard InChI is InChI=1S/C25H35NO2S/c1-4-7-14-21-29-25(22-15-10-8-11-16-22,23-17-12-9-13-18-23)24(27)28-20-19-26(5-2)6-3/h8-13,15-18H,4-7,14,19-21H2,1-3H3. The van der Waals surface area contributed by atoms with Gasteiger partial charge in [-0.2, -0.15) is 0 Å². The first kappa shape index (κ1) is 23.5. The number of likely N-dealkylation sites (N-methyl/N-ethyl adjacent to an activating group) is 1. The van der Waals surface area contributed by atoms with Gasteiger partial charge >= 0.3 is 5.97 Å². The second-order valence-electron chi connectivity index (χ2n) is 7.13. The van der Waals surface area contributed by atoms with Crippen LogP contribution >= 0.6 is 11.8 Å².